The van der Waals surface area contributed by atoms with Crippen molar-refractivity contribution in [2.75, 3.05) is 13.2 Å². The number of nitrogens with zero attached hydrogens (tertiary/aromatic N) is 3. The summed E-state index contributed by atoms with van der Waals surface area (Å²) in [6.07, 6.45) is 5.85. The first kappa shape index (κ1) is 22.1. The van der Waals surface area contributed by atoms with E-state index in [1.165, 1.54) is 40.6 Å². The zero-order valence-corrected chi connectivity index (χ0v) is 20.3. The van der Waals surface area contributed by atoms with E-state index in [2.05, 4.69) is 58.6 Å². The summed E-state index contributed by atoms with van der Waals surface area (Å²) >= 11 is 0. The van der Waals surface area contributed by atoms with E-state index in [4.69, 9.17) is 4.74 Å². The molecular formula is C28H35N3O2. The lowest BCUT2D eigenvalue weighted by molar-refractivity contribution is -0.143. The Labute approximate surface area is 196 Å². The van der Waals surface area contributed by atoms with E-state index < -0.39 is 0 Å². The van der Waals surface area contributed by atoms with E-state index in [-0.39, 0.29) is 11.9 Å². The fraction of sp³-hybridized carbons (Fsp3) is 0.500. The molecule has 1 fully saturated rings. The Kier molecular flexibility index (Phi) is 6.00. The number of benzene rings is 1. The number of likely N-dealkylation sites (N-methyl/N-ethyl adjacent to an activating group) is 1. The predicted molar refractivity (Wildman–Crippen MR) is 131 cm³/mol. The number of aryl methyl sites for hydroxylation is 2. The molecular weight excluding hydrogens is 410 g/mol. The van der Waals surface area contributed by atoms with E-state index in [9.17, 15) is 4.79 Å². The van der Waals surface area contributed by atoms with Gasteiger partial charge in [-0.3, -0.25) is 14.7 Å². The number of hydrogen-bond donors (Lipinski definition) is 0. The minimum absolute atomic E-state index is 0.0496. The highest BCUT2D eigenvalue weighted by molar-refractivity contribution is 5.87. The number of carbonyl (C=O) groups excluding carboxylic acids is 1. The van der Waals surface area contributed by atoms with E-state index in [0.29, 0.717) is 25.1 Å². The van der Waals surface area contributed by atoms with Gasteiger partial charge in [0.05, 0.1) is 13.0 Å². The monoisotopic (exact) mass is 445 g/mol. The molecule has 5 rings (SSSR count). The Bertz CT molecular complexity index is 1180. The second-order valence-electron chi connectivity index (χ2n) is 9.71. The zero-order valence-electron chi connectivity index (χ0n) is 20.3. The summed E-state index contributed by atoms with van der Waals surface area (Å²) in [4.78, 5) is 19.7. The molecule has 2 aromatic heterocycles. The standard InChI is InChI=1S/C28H35N3O2/c1-5-30-22-8-10-25(30)28-23-13-18(3)7-9-24(23)31(26(28)16-22)17-21(15-27(32)33-6-2)20-11-12-29-19(4)14-20/h7,9,11-14,21-22,25H,5-6,8,10,15-17H2,1-4H3. The van der Waals surface area contributed by atoms with Gasteiger partial charge in [0.1, 0.15) is 0 Å². The lowest BCUT2D eigenvalue weighted by Gasteiger charge is -2.35. The minimum atomic E-state index is -0.129. The Hall–Kier alpha value is -2.66. The maximum absolute atomic E-state index is 12.6. The first-order chi connectivity index (χ1) is 16.0. The fourth-order valence-corrected chi connectivity index (χ4v) is 6.27. The number of esters is 1. The van der Waals surface area contributed by atoms with Crippen LogP contribution in [0.3, 0.4) is 0 Å². The highest BCUT2D eigenvalue weighted by Gasteiger charge is 2.42. The highest BCUT2D eigenvalue weighted by Crippen LogP contribution is 2.48. The Morgan fingerprint density at radius 1 is 1.18 bits per heavy atom. The van der Waals surface area contributed by atoms with E-state index in [1.807, 2.05) is 20.0 Å². The molecule has 0 radical (unpaired) electrons. The largest absolute Gasteiger partial charge is 0.466 e. The summed E-state index contributed by atoms with van der Waals surface area (Å²) in [6.45, 7) is 10.7. The molecule has 0 aliphatic carbocycles. The van der Waals surface area contributed by atoms with Crippen molar-refractivity contribution in [1.82, 2.24) is 14.5 Å². The minimum Gasteiger partial charge on any atom is -0.466 e. The average molecular weight is 446 g/mol. The molecule has 5 heteroatoms. The first-order valence-corrected chi connectivity index (χ1v) is 12.5. The van der Waals surface area contributed by atoms with Gasteiger partial charge in [0.25, 0.3) is 0 Å². The van der Waals surface area contributed by atoms with Crippen LogP contribution in [0, 0.1) is 13.8 Å². The molecule has 2 bridgehead atoms. The van der Waals surface area contributed by atoms with Gasteiger partial charge in [-0.2, -0.15) is 0 Å². The third-order valence-corrected chi connectivity index (χ3v) is 7.65. The van der Waals surface area contributed by atoms with Crippen molar-refractivity contribution in [3.63, 3.8) is 0 Å². The molecule has 0 N–H and O–H groups in total. The molecule has 0 saturated carbocycles. The highest BCUT2D eigenvalue weighted by atomic mass is 16.5. The SMILES string of the molecule is CCOC(=O)CC(Cn1c2c(c3cc(C)ccc31)C1CCC(C2)N1CC)c1ccnc(C)c1. The molecule has 0 amide bonds. The first-order valence-electron chi connectivity index (χ1n) is 12.5. The summed E-state index contributed by atoms with van der Waals surface area (Å²) < 4.78 is 7.89. The second kappa shape index (κ2) is 8.94. The van der Waals surface area contributed by atoms with E-state index >= 15 is 0 Å². The Balaban J connectivity index is 1.61. The normalized spacial score (nSPS) is 20.7. The molecule has 1 aromatic carbocycles. The lowest BCUT2D eigenvalue weighted by Crippen LogP contribution is -2.37. The summed E-state index contributed by atoms with van der Waals surface area (Å²) in [7, 11) is 0. The van der Waals surface area contributed by atoms with Crippen LogP contribution in [0.15, 0.2) is 36.5 Å². The van der Waals surface area contributed by atoms with Crippen molar-refractivity contribution in [1.29, 1.82) is 0 Å². The molecule has 174 valence electrons. The van der Waals surface area contributed by atoms with Gasteiger partial charge < -0.3 is 9.30 Å². The van der Waals surface area contributed by atoms with Gasteiger partial charge in [-0.05, 0) is 75.5 Å². The van der Waals surface area contributed by atoms with Crippen LogP contribution in [0.4, 0.5) is 0 Å². The van der Waals surface area contributed by atoms with Crippen LogP contribution in [-0.2, 0) is 22.5 Å². The molecule has 3 aromatic rings. The number of ether oxygens (including phenoxy) is 1. The van der Waals surface area contributed by atoms with Crippen LogP contribution in [0.25, 0.3) is 10.9 Å². The topological polar surface area (TPSA) is 47.4 Å². The van der Waals surface area contributed by atoms with Gasteiger partial charge in [-0.1, -0.05) is 18.6 Å². The van der Waals surface area contributed by atoms with Crippen molar-refractivity contribution in [3.8, 4) is 0 Å². The molecule has 1 saturated heterocycles. The summed E-state index contributed by atoms with van der Waals surface area (Å²) in [6, 6.07) is 12.2. The van der Waals surface area contributed by atoms with Crippen LogP contribution in [0.1, 0.15) is 73.1 Å². The summed E-state index contributed by atoms with van der Waals surface area (Å²) in [5.74, 6) is -0.0797. The van der Waals surface area contributed by atoms with Gasteiger partial charge in [-0.25, -0.2) is 0 Å². The fourth-order valence-electron chi connectivity index (χ4n) is 6.27. The Morgan fingerprint density at radius 3 is 2.79 bits per heavy atom. The zero-order chi connectivity index (χ0) is 23.1. The van der Waals surface area contributed by atoms with E-state index in [0.717, 1.165) is 30.8 Å². The number of fused-ring (bicyclic) bond motifs is 6. The number of rotatable bonds is 7. The summed E-state index contributed by atoms with van der Waals surface area (Å²) in [5, 5.41) is 1.40. The van der Waals surface area contributed by atoms with Crippen molar-refractivity contribution in [2.24, 2.45) is 0 Å². The Morgan fingerprint density at radius 2 is 2.03 bits per heavy atom. The quantitative estimate of drug-likeness (QED) is 0.452. The van der Waals surface area contributed by atoms with Crippen LogP contribution in [0.2, 0.25) is 0 Å². The second-order valence-corrected chi connectivity index (χ2v) is 9.71. The van der Waals surface area contributed by atoms with Gasteiger partial charge in [0, 0.05) is 59.5 Å². The summed E-state index contributed by atoms with van der Waals surface area (Å²) in [5.41, 5.74) is 7.75. The molecule has 3 unspecified atom stereocenters. The van der Waals surface area contributed by atoms with Crippen molar-refractivity contribution in [2.45, 2.75) is 77.9 Å². The number of carbonyl (C=O) groups is 1. The smallest absolute Gasteiger partial charge is 0.306 e. The maximum Gasteiger partial charge on any atom is 0.306 e. The number of hydrogen-bond acceptors (Lipinski definition) is 4. The number of aromatic nitrogens is 2. The average Bonchev–Trinajstić information content (AvgIpc) is 3.25. The van der Waals surface area contributed by atoms with Crippen LogP contribution < -0.4 is 0 Å². The third kappa shape index (κ3) is 3.97. The van der Waals surface area contributed by atoms with Crippen LogP contribution in [-0.4, -0.2) is 39.6 Å². The molecule has 5 nitrogen and oxygen atoms in total. The van der Waals surface area contributed by atoms with Crippen molar-refractivity contribution in [3.05, 3.63) is 64.6 Å². The van der Waals surface area contributed by atoms with Gasteiger partial charge in [-0.15, -0.1) is 0 Å². The molecule has 2 aliphatic heterocycles. The van der Waals surface area contributed by atoms with Crippen LogP contribution in [0.5, 0.6) is 0 Å². The number of pyridine rings is 1. The van der Waals surface area contributed by atoms with Gasteiger partial charge in [0.15, 0.2) is 0 Å². The predicted octanol–water partition coefficient (Wildman–Crippen LogP) is 5.47. The van der Waals surface area contributed by atoms with Crippen molar-refractivity contribution >= 4 is 16.9 Å². The van der Waals surface area contributed by atoms with Gasteiger partial charge in [0.2, 0.25) is 0 Å². The lowest BCUT2D eigenvalue weighted by atomic mass is 9.94. The van der Waals surface area contributed by atoms with Crippen LogP contribution >= 0.6 is 0 Å². The van der Waals surface area contributed by atoms with Crippen molar-refractivity contribution < 1.29 is 9.53 Å². The molecule has 33 heavy (non-hydrogen) atoms. The van der Waals surface area contributed by atoms with Gasteiger partial charge >= 0.3 is 5.97 Å². The molecule has 4 heterocycles. The molecule has 3 atom stereocenters. The molecule has 0 spiro atoms. The molecule has 2 aliphatic rings. The third-order valence-electron chi connectivity index (χ3n) is 7.65. The maximum atomic E-state index is 12.6. The van der Waals surface area contributed by atoms with E-state index in [1.54, 1.807) is 0 Å².